The number of anilines is 1. The normalized spacial score (nSPS) is 11.4. The monoisotopic (exact) mass is 176 g/mol. The first kappa shape index (κ1) is 6.35. The lowest BCUT2D eigenvalue weighted by Crippen LogP contribution is -2.01. The molecule has 0 fully saturated rings. The first-order valence-electron chi connectivity index (χ1n) is 3.54. The summed E-state index contributed by atoms with van der Waals surface area (Å²) in [4.78, 5) is 11.8. The predicted octanol–water partition coefficient (Wildman–Crippen LogP) is -0.152. The van der Waals surface area contributed by atoms with E-state index >= 15 is 0 Å². The van der Waals surface area contributed by atoms with Crippen LogP contribution in [0, 0.1) is 0 Å². The van der Waals surface area contributed by atoms with Gasteiger partial charge in [0, 0.05) is 0 Å². The summed E-state index contributed by atoms with van der Waals surface area (Å²) >= 11 is 0. The average molecular weight is 176 g/mol. The lowest BCUT2D eigenvalue weighted by Gasteiger charge is -1.95. The molecule has 13 heavy (non-hydrogen) atoms. The van der Waals surface area contributed by atoms with Gasteiger partial charge in [-0.3, -0.25) is 0 Å². The van der Waals surface area contributed by atoms with Crippen molar-refractivity contribution in [3.05, 3.63) is 12.7 Å². The summed E-state index contributed by atoms with van der Waals surface area (Å²) in [7, 11) is 0. The minimum atomic E-state index is 0.373. The van der Waals surface area contributed by atoms with Crippen molar-refractivity contribution >= 4 is 22.8 Å². The summed E-state index contributed by atoms with van der Waals surface area (Å²) in [6, 6.07) is 0. The zero-order valence-electron chi connectivity index (χ0n) is 6.38. The van der Waals surface area contributed by atoms with Crippen LogP contribution >= 0.6 is 0 Å². The van der Waals surface area contributed by atoms with E-state index < -0.39 is 0 Å². The third kappa shape index (κ3) is 0.675. The second-order valence-electron chi connectivity index (χ2n) is 2.48. The molecule has 0 bridgehead atoms. The van der Waals surface area contributed by atoms with Crippen molar-refractivity contribution in [2.75, 3.05) is 5.73 Å². The Morgan fingerprint density at radius 3 is 3.23 bits per heavy atom. The van der Waals surface area contributed by atoms with Gasteiger partial charge in [-0.1, -0.05) is 0 Å². The van der Waals surface area contributed by atoms with E-state index in [4.69, 9.17) is 10.2 Å². The van der Waals surface area contributed by atoms with Crippen LogP contribution in [0.4, 0.5) is 5.82 Å². The maximum Gasteiger partial charge on any atom is 0.257 e. The number of fused-ring (bicyclic) bond motifs is 2. The van der Waals surface area contributed by atoms with Crippen molar-refractivity contribution in [3.8, 4) is 0 Å². The Hall–Kier alpha value is -2.18. The Bertz CT molecular complexity index is 532. The van der Waals surface area contributed by atoms with Gasteiger partial charge in [0.05, 0.1) is 0 Å². The van der Waals surface area contributed by atoms with Gasteiger partial charge in [0.15, 0.2) is 17.7 Å². The van der Waals surface area contributed by atoms with Gasteiger partial charge in [0.2, 0.25) is 0 Å². The van der Waals surface area contributed by atoms with Crippen molar-refractivity contribution in [2.45, 2.75) is 0 Å². The minimum absolute atomic E-state index is 0.373. The van der Waals surface area contributed by atoms with Gasteiger partial charge in [-0.2, -0.15) is 19.6 Å². The summed E-state index contributed by atoms with van der Waals surface area (Å²) in [5, 5.41) is 3.88. The number of nitrogens with zero attached hydrogens (tertiary/aromatic N) is 5. The van der Waals surface area contributed by atoms with Crippen molar-refractivity contribution < 1.29 is 4.42 Å². The number of nitrogen functional groups attached to an aromatic ring is 1. The highest BCUT2D eigenvalue weighted by molar-refractivity contribution is 5.81. The standard InChI is InChI=1S/C6H4N6O/c7-4-3-5(13-2-9-3)11-6-8-1-10-12(4)6/h1-2H,7H2. The van der Waals surface area contributed by atoms with E-state index in [2.05, 4.69) is 20.1 Å². The number of rotatable bonds is 0. The smallest absolute Gasteiger partial charge is 0.257 e. The number of hydrogen-bond acceptors (Lipinski definition) is 6. The molecule has 3 heterocycles. The van der Waals surface area contributed by atoms with Gasteiger partial charge in [0.25, 0.3) is 11.5 Å². The average Bonchev–Trinajstić information content (AvgIpc) is 2.71. The summed E-state index contributed by atoms with van der Waals surface area (Å²) in [5.74, 6) is 0.785. The molecule has 2 N–H and O–H groups in total. The largest absolute Gasteiger partial charge is 0.425 e. The Labute approximate surface area is 71.2 Å². The zero-order chi connectivity index (χ0) is 8.84. The van der Waals surface area contributed by atoms with E-state index in [-0.39, 0.29) is 0 Å². The van der Waals surface area contributed by atoms with Crippen molar-refractivity contribution in [1.82, 2.24) is 24.6 Å². The fourth-order valence-corrected chi connectivity index (χ4v) is 1.17. The SMILES string of the molecule is Nc1c2ncoc2nc2ncnn12. The second-order valence-corrected chi connectivity index (χ2v) is 2.48. The molecular formula is C6H4N6O. The van der Waals surface area contributed by atoms with E-state index in [1.54, 1.807) is 0 Å². The van der Waals surface area contributed by atoms with Crippen LogP contribution in [0.5, 0.6) is 0 Å². The van der Waals surface area contributed by atoms with Gasteiger partial charge >= 0.3 is 0 Å². The fourth-order valence-electron chi connectivity index (χ4n) is 1.17. The molecule has 64 valence electrons. The van der Waals surface area contributed by atoms with E-state index in [9.17, 15) is 0 Å². The molecule has 0 amide bonds. The van der Waals surface area contributed by atoms with Gasteiger partial charge < -0.3 is 10.2 Å². The summed E-state index contributed by atoms with van der Waals surface area (Å²) in [6.07, 6.45) is 2.66. The highest BCUT2D eigenvalue weighted by atomic mass is 16.3. The summed E-state index contributed by atoms with van der Waals surface area (Å²) < 4.78 is 6.40. The molecule has 0 atom stereocenters. The van der Waals surface area contributed by atoms with E-state index in [1.807, 2.05) is 0 Å². The predicted molar refractivity (Wildman–Crippen MR) is 42.8 cm³/mol. The van der Waals surface area contributed by atoms with Gasteiger partial charge in [-0.15, -0.1) is 0 Å². The molecule has 7 heteroatoms. The van der Waals surface area contributed by atoms with E-state index in [1.165, 1.54) is 17.2 Å². The number of aromatic nitrogens is 5. The van der Waals surface area contributed by atoms with Crippen LogP contribution in [0.3, 0.4) is 0 Å². The van der Waals surface area contributed by atoms with Crippen LogP contribution in [0.2, 0.25) is 0 Å². The fraction of sp³-hybridized carbons (Fsp3) is 0. The number of nitrogens with two attached hydrogens (primary N) is 1. The van der Waals surface area contributed by atoms with Crippen LogP contribution in [-0.4, -0.2) is 24.6 Å². The van der Waals surface area contributed by atoms with E-state index in [0.29, 0.717) is 22.8 Å². The van der Waals surface area contributed by atoms with Gasteiger partial charge in [-0.25, -0.2) is 4.98 Å². The molecule has 0 radical (unpaired) electrons. The van der Waals surface area contributed by atoms with Gasteiger partial charge in [0.1, 0.15) is 6.33 Å². The first-order valence-corrected chi connectivity index (χ1v) is 3.54. The molecule has 0 aliphatic carbocycles. The Kier molecular flexibility index (Phi) is 0.950. The lowest BCUT2D eigenvalue weighted by atomic mass is 10.5. The Morgan fingerprint density at radius 2 is 2.31 bits per heavy atom. The van der Waals surface area contributed by atoms with E-state index in [0.717, 1.165) is 0 Å². The third-order valence-electron chi connectivity index (χ3n) is 1.75. The molecule has 0 saturated heterocycles. The minimum Gasteiger partial charge on any atom is -0.425 e. The molecule has 0 unspecified atom stereocenters. The second kappa shape index (κ2) is 1.94. The van der Waals surface area contributed by atoms with Crippen molar-refractivity contribution in [1.29, 1.82) is 0 Å². The molecule has 3 aromatic heterocycles. The molecule has 3 rings (SSSR count). The Balaban J connectivity index is 2.67. The molecule has 0 spiro atoms. The van der Waals surface area contributed by atoms with Crippen molar-refractivity contribution in [2.24, 2.45) is 0 Å². The lowest BCUT2D eigenvalue weighted by molar-refractivity contribution is 0.591. The van der Waals surface area contributed by atoms with Crippen LogP contribution in [-0.2, 0) is 0 Å². The van der Waals surface area contributed by atoms with Gasteiger partial charge in [-0.05, 0) is 0 Å². The van der Waals surface area contributed by atoms with Crippen LogP contribution in [0.15, 0.2) is 17.1 Å². The maximum atomic E-state index is 5.74. The number of oxazole rings is 1. The first-order chi connectivity index (χ1) is 6.36. The highest BCUT2D eigenvalue weighted by Crippen LogP contribution is 2.16. The molecule has 7 nitrogen and oxygen atoms in total. The molecule has 0 saturated carbocycles. The molecular weight excluding hydrogens is 172 g/mol. The van der Waals surface area contributed by atoms with Crippen molar-refractivity contribution in [3.63, 3.8) is 0 Å². The quantitative estimate of drug-likeness (QED) is 0.511. The molecule has 3 aromatic rings. The molecule has 0 aromatic carbocycles. The third-order valence-corrected chi connectivity index (χ3v) is 1.75. The highest BCUT2D eigenvalue weighted by Gasteiger charge is 2.10. The summed E-state index contributed by atoms with van der Waals surface area (Å²) in [6.45, 7) is 0. The topological polar surface area (TPSA) is 95.1 Å². The molecule has 0 aliphatic rings. The summed E-state index contributed by atoms with van der Waals surface area (Å²) in [5.41, 5.74) is 6.61. The zero-order valence-corrected chi connectivity index (χ0v) is 6.38. The Morgan fingerprint density at radius 1 is 1.38 bits per heavy atom. The van der Waals surface area contributed by atoms with Crippen LogP contribution in [0.1, 0.15) is 0 Å². The maximum absolute atomic E-state index is 5.74. The van der Waals surface area contributed by atoms with Crippen LogP contribution in [0.25, 0.3) is 17.0 Å². The number of hydrogen-bond donors (Lipinski definition) is 1. The van der Waals surface area contributed by atoms with Crippen LogP contribution < -0.4 is 5.73 Å². The molecule has 0 aliphatic heterocycles.